The lowest BCUT2D eigenvalue weighted by Crippen LogP contribution is -2.30. The summed E-state index contributed by atoms with van der Waals surface area (Å²) < 4.78 is 22.6. The third-order valence-corrected chi connectivity index (χ3v) is 6.27. The van der Waals surface area contributed by atoms with Crippen LogP contribution in [0.2, 0.25) is 0 Å². The number of primary amides is 1. The summed E-state index contributed by atoms with van der Waals surface area (Å²) in [6.45, 7) is 0. The Morgan fingerprint density at radius 3 is 2.33 bits per heavy atom. The van der Waals surface area contributed by atoms with Gasteiger partial charge in [0.25, 0.3) is 0 Å². The molecule has 0 saturated heterocycles. The fourth-order valence-electron chi connectivity index (χ4n) is 0.940. The molecule has 1 aromatic rings. The Morgan fingerprint density at radius 1 is 1.33 bits per heavy atom. The number of carbonyl (C=O) groups excluding carboxylic acids is 1. The first-order chi connectivity index (χ1) is 6.87. The van der Waals surface area contributed by atoms with Gasteiger partial charge in [0.2, 0.25) is 15.7 Å². The Kier molecular flexibility index (Phi) is 3.91. The SMILES string of the molecule is NC(=O)C(Br)S(=O)(=O)c1ccccc1Br. The van der Waals surface area contributed by atoms with Crippen LogP contribution in [0.4, 0.5) is 0 Å². The lowest BCUT2D eigenvalue weighted by molar-refractivity contribution is -0.116. The highest BCUT2D eigenvalue weighted by atomic mass is 79.9. The fraction of sp³-hybridized carbons (Fsp3) is 0.125. The molecule has 0 aromatic heterocycles. The summed E-state index contributed by atoms with van der Waals surface area (Å²) in [5, 5.41) is 0. The molecule has 0 heterocycles. The van der Waals surface area contributed by atoms with Crippen molar-refractivity contribution < 1.29 is 13.2 Å². The molecule has 15 heavy (non-hydrogen) atoms. The van der Waals surface area contributed by atoms with Gasteiger partial charge in [0.15, 0.2) is 4.16 Å². The largest absolute Gasteiger partial charge is 0.368 e. The van der Waals surface area contributed by atoms with Crippen molar-refractivity contribution >= 4 is 47.6 Å². The molecule has 1 atom stereocenters. The zero-order chi connectivity index (χ0) is 11.6. The highest BCUT2D eigenvalue weighted by Crippen LogP contribution is 2.26. The third kappa shape index (κ3) is 2.59. The Hall–Kier alpha value is -0.400. The minimum absolute atomic E-state index is 0.0330. The van der Waals surface area contributed by atoms with Crippen molar-refractivity contribution in [3.63, 3.8) is 0 Å². The maximum absolute atomic E-state index is 11.8. The molecular formula is C8H7Br2NO3S. The van der Waals surface area contributed by atoms with Gasteiger partial charge >= 0.3 is 0 Å². The number of nitrogens with two attached hydrogens (primary N) is 1. The number of halogens is 2. The molecule has 82 valence electrons. The van der Waals surface area contributed by atoms with Gasteiger partial charge in [0.05, 0.1) is 4.90 Å². The Morgan fingerprint density at radius 2 is 1.87 bits per heavy atom. The second-order valence-electron chi connectivity index (χ2n) is 2.69. The summed E-state index contributed by atoms with van der Waals surface area (Å²) in [5.74, 6) is -0.939. The molecule has 1 amide bonds. The van der Waals surface area contributed by atoms with Crippen LogP contribution in [0.5, 0.6) is 0 Å². The van der Waals surface area contributed by atoms with E-state index in [9.17, 15) is 13.2 Å². The summed E-state index contributed by atoms with van der Waals surface area (Å²) >= 11 is 5.85. The van der Waals surface area contributed by atoms with Crippen molar-refractivity contribution in [1.29, 1.82) is 0 Å². The van der Waals surface area contributed by atoms with Crippen LogP contribution in [-0.2, 0) is 14.6 Å². The minimum Gasteiger partial charge on any atom is -0.368 e. The normalized spacial score (nSPS) is 13.5. The Balaban J connectivity index is 3.30. The lowest BCUT2D eigenvalue weighted by atomic mass is 10.4. The average Bonchev–Trinajstić information content (AvgIpc) is 2.16. The molecule has 0 radical (unpaired) electrons. The van der Waals surface area contributed by atoms with Crippen LogP contribution in [-0.4, -0.2) is 18.5 Å². The Labute approximate surface area is 104 Å². The molecule has 0 aliphatic carbocycles. The summed E-state index contributed by atoms with van der Waals surface area (Å²) in [6, 6.07) is 6.22. The van der Waals surface area contributed by atoms with Gasteiger partial charge < -0.3 is 5.73 Å². The number of amides is 1. The molecule has 0 bridgehead atoms. The lowest BCUT2D eigenvalue weighted by Gasteiger charge is -2.09. The first-order valence-corrected chi connectivity index (χ1v) is 7.04. The highest BCUT2D eigenvalue weighted by Gasteiger charge is 2.31. The molecule has 0 aliphatic heterocycles. The van der Waals surface area contributed by atoms with Crippen molar-refractivity contribution in [2.75, 3.05) is 0 Å². The van der Waals surface area contributed by atoms with Crippen LogP contribution < -0.4 is 5.73 Å². The van der Waals surface area contributed by atoms with Crippen LogP contribution in [0.3, 0.4) is 0 Å². The molecule has 2 N–H and O–H groups in total. The second kappa shape index (κ2) is 4.63. The quantitative estimate of drug-likeness (QED) is 0.832. The minimum atomic E-state index is -3.77. The van der Waals surface area contributed by atoms with E-state index >= 15 is 0 Å². The fourth-order valence-corrected chi connectivity index (χ4v) is 3.64. The van der Waals surface area contributed by atoms with Crippen molar-refractivity contribution in [2.45, 2.75) is 9.05 Å². The Bertz CT molecular complexity index is 486. The van der Waals surface area contributed by atoms with Gasteiger partial charge in [-0.2, -0.15) is 0 Å². The molecule has 0 saturated carbocycles. The maximum Gasteiger partial charge on any atom is 0.247 e. The average molecular weight is 357 g/mol. The van der Waals surface area contributed by atoms with Crippen molar-refractivity contribution in [1.82, 2.24) is 0 Å². The number of carbonyl (C=O) groups is 1. The van der Waals surface area contributed by atoms with E-state index in [0.29, 0.717) is 4.47 Å². The molecule has 0 fully saturated rings. The van der Waals surface area contributed by atoms with Crippen LogP contribution >= 0.6 is 31.9 Å². The van der Waals surface area contributed by atoms with Gasteiger partial charge in [-0.05, 0) is 28.1 Å². The van der Waals surface area contributed by atoms with E-state index < -0.39 is 19.9 Å². The van der Waals surface area contributed by atoms with E-state index in [4.69, 9.17) is 5.73 Å². The number of hydrogen-bond donors (Lipinski definition) is 1. The number of rotatable bonds is 3. The van der Waals surface area contributed by atoms with E-state index in [-0.39, 0.29) is 4.90 Å². The smallest absolute Gasteiger partial charge is 0.247 e. The van der Waals surface area contributed by atoms with Gasteiger partial charge in [-0.1, -0.05) is 28.1 Å². The highest BCUT2D eigenvalue weighted by molar-refractivity contribution is 9.11. The summed E-state index contributed by atoms with van der Waals surface area (Å²) in [7, 11) is -3.77. The van der Waals surface area contributed by atoms with Gasteiger partial charge in [0, 0.05) is 4.47 Å². The van der Waals surface area contributed by atoms with Crippen molar-refractivity contribution in [3.8, 4) is 0 Å². The number of benzene rings is 1. The topological polar surface area (TPSA) is 77.2 Å². The van der Waals surface area contributed by atoms with Crippen molar-refractivity contribution in [3.05, 3.63) is 28.7 Å². The van der Waals surface area contributed by atoms with Gasteiger partial charge in [-0.15, -0.1) is 0 Å². The summed E-state index contributed by atoms with van der Waals surface area (Å²) in [6.07, 6.45) is 0. The van der Waals surface area contributed by atoms with Crippen LogP contribution in [0.25, 0.3) is 0 Å². The molecule has 1 rings (SSSR count). The van der Waals surface area contributed by atoms with Crippen molar-refractivity contribution in [2.24, 2.45) is 5.73 Å². The molecule has 7 heteroatoms. The zero-order valence-corrected chi connectivity index (χ0v) is 11.3. The van der Waals surface area contributed by atoms with E-state index in [2.05, 4.69) is 31.9 Å². The van der Waals surface area contributed by atoms with Crippen LogP contribution in [0.1, 0.15) is 0 Å². The van der Waals surface area contributed by atoms with E-state index in [1.807, 2.05) is 0 Å². The van der Waals surface area contributed by atoms with E-state index in [1.165, 1.54) is 6.07 Å². The van der Waals surface area contributed by atoms with Gasteiger partial charge in [0.1, 0.15) is 0 Å². The van der Waals surface area contributed by atoms with Crippen LogP contribution in [0.15, 0.2) is 33.6 Å². The van der Waals surface area contributed by atoms with Gasteiger partial charge in [-0.25, -0.2) is 8.42 Å². The molecule has 0 aliphatic rings. The summed E-state index contributed by atoms with van der Waals surface area (Å²) in [4.78, 5) is 10.8. The second-order valence-corrected chi connectivity index (χ2v) is 7.07. The summed E-state index contributed by atoms with van der Waals surface area (Å²) in [5.41, 5.74) is 4.93. The predicted molar refractivity (Wildman–Crippen MR) is 63.2 cm³/mol. The standard InChI is InChI=1S/C8H7Br2NO3S/c9-5-3-1-2-4-6(5)15(13,14)7(10)8(11)12/h1-4,7H,(H2,11,12). The number of hydrogen-bond acceptors (Lipinski definition) is 3. The maximum atomic E-state index is 11.8. The number of alkyl halides is 1. The molecule has 0 spiro atoms. The van der Waals surface area contributed by atoms with E-state index in [1.54, 1.807) is 18.2 Å². The zero-order valence-electron chi connectivity index (χ0n) is 7.35. The van der Waals surface area contributed by atoms with E-state index in [0.717, 1.165) is 0 Å². The predicted octanol–water partition coefficient (Wildman–Crippen LogP) is 1.43. The molecule has 1 aromatic carbocycles. The number of sulfone groups is 1. The first-order valence-electron chi connectivity index (χ1n) is 3.79. The third-order valence-electron chi connectivity index (χ3n) is 1.64. The first kappa shape index (κ1) is 12.7. The van der Waals surface area contributed by atoms with Gasteiger partial charge in [-0.3, -0.25) is 4.79 Å². The molecule has 1 unspecified atom stereocenters. The monoisotopic (exact) mass is 355 g/mol. The van der Waals surface area contributed by atoms with Crippen LogP contribution in [0, 0.1) is 0 Å². The molecular weight excluding hydrogens is 350 g/mol. The molecule has 4 nitrogen and oxygen atoms in total.